The monoisotopic (exact) mass is 454 g/mol. The quantitative estimate of drug-likeness (QED) is 0.753. The van der Waals surface area contributed by atoms with E-state index in [2.05, 4.69) is 12.2 Å². The number of amides is 2. The lowest BCUT2D eigenvalue weighted by molar-refractivity contribution is -0.137. The van der Waals surface area contributed by atoms with Crippen molar-refractivity contribution < 1.29 is 32.2 Å². The van der Waals surface area contributed by atoms with E-state index in [1.54, 1.807) is 0 Å². The molecule has 1 spiro atoms. The second-order valence-corrected chi connectivity index (χ2v) is 9.09. The topological polar surface area (TPSA) is 67.9 Å². The molecule has 2 atom stereocenters. The van der Waals surface area contributed by atoms with Crippen molar-refractivity contribution in [3.8, 4) is 0 Å². The lowest BCUT2D eigenvalue weighted by atomic mass is 9.83. The Morgan fingerprint density at radius 2 is 1.84 bits per heavy atom. The summed E-state index contributed by atoms with van der Waals surface area (Å²) in [7, 11) is 0. The maximum absolute atomic E-state index is 13.5. The zero-order valence-electron chi connectivity index (χ0n) is 18.1. The van der Waals surface area contributed by atoms with Crippen molar-refractivity contribution in [2.75, 3.05) is 19.8 Å². The Balaban J connectivity index is 1.56. The van der Waals surface area contributed by atoms with E-state index in [1.165, 1.54) is 17.0 Å². The van der Waals surface area contributed by atoms with Crippen LogP contribution < -0.4 is 5.32 Å². The van der Waals surface area contributed by atoms with Crippen molar-refractivity contribution in [1.29, 1.82) is 0 Å². The van der Waals surface area contributed by atoms with E-state index in [0.717, 1.165) is 37.8 Å². The van der Waals surface area contributed by atoms with Gasteiger partial charge in [-0.2, -0.15) is 13.2 Å². The van der Waals surface area contributed by atoms with Gasteiger partial charge in [0, 0.05) is 18.7 Å². The molecule has 0 unspecified atom stereocenters. The highest BCUT2D eigenvalue weighted by molar-refractivity contribution is 5.98. The SMILES string of the molecule is CC1CCC2(CC1)OC[C@H](C(=O)NC[C@H]1CCCO1)N2C(=O)c1ccc(C(F)(F)F)cc1. The highest BCUT2D eigenvalue weighted by Crippen LogP contribution is 2.43. The number of rotatable bonds is 4. The largest absolute Gasteiger partial charge is 0.416 e. The van der Waals surface area contributed by atoms with E-state index in [1.807, 2.05) is 0 Å². The molecule has 176 valence electrons. The highest BCUT2D eigenvalue weighted by Gasteiger charge is 2.53. The molecule has 0 radical (unpaired) electrons. The fraction of sp³-hybridized carbons (Fsp3) is 0.652. The number of benzene rings is 1. The van der Waals surface area contributed by atoms with Gasteiger partial charge < -0.3 is 14.8 Å². The minimum absolute atomic E-state index is 0.0372. The van der Waals surface area contributed by atoms with Crippen LogP contribution in [0.2, 0.25) is 0 Å². The molecule has 3 fully saturated rings. The molecule has 1 aliphatic carbocycles. The number of hydrogen-bond donors (Lipinski definition) is 1. The smallest absolute Gasteiger partial charge is 0.376 e. The fourth-order valence-electron chi connectivity index (χ4n) is 4.86. The average molecular weight is 454 g/mol. The molecule has 2 heterocycles. The Hall–Kier alpha value is -2.13. The maximum atomic E-state index is 13.5. The zero-order valence-corrected chi connectivity index (χ0v) is 18.1. The van der Waals surface area contributed by atoms with Crippen LogP contribution in [-0.2, 0) is 20.4 Å². The van der Waals surface area contributed by atoms with Crippen LogP contribution in [0.3, 0.4) is 0 Å². The summed E-state index contributed by atoms with van der Waals surface area (Å²) < 4.78 is 50.5. The number of hydrogen-bond acceptors (Lipinski definition) is 4. The Morgan fingerprint density at radius 3 is 2.44 bits per heavy atom. The molecule has 0 bridgehead atoms. The number of nitrogens with one attached hydrogen (secondary N) is 1. The molecular weight excluding hydrogens is 425 g/mol. The summed E-state index contributed by atoms with van der Waals surface area (Å²) in [6, 6.07) is 3.30. The Morgan fingerprint density at radius 1 is 1.16 bits per heavy atom. The molecule has 6 nitrogen and oxygen atoms in total. The van der Waals surface area contributed by atoms with Gasteiger partial charge in [0.15, 0.2) is 0 Å². The highest BCUT2D eigenvalue weighted by atomic mass is 19.4. The second kappa shape index (κ2) is 9.02. The van der Waals surface area contributed by atoms with Gasteiger partial charge in [-0.15, -0.1) is 0 Å². The number of carbonyl (C=O) groups excluding carboxylic acids is 2. The first kappa shape index (κ1) is 23.0. The minimum atomic E-state index is -4.48. The molecule has 9 heteroatoms. The van der Waals surface area contributed by atoms with Crippen molar-refractivity contribution >= 4 is 11.8 Å². The molecule has 1 aromatic carbocycles. The summed E-state index contributed by atoms with van der Waals surface area (Å²) in [5, 5.41) is 2.88. The van der Waals surface area contributed by atoms with Gasteiger partial charge in [-0.3, -0.25) is 14.5 Å². The molecule has 1 saturated carbocycles. The molecule has 4 rings (SSSR count). The van der Waals surface area contributed by atoms with Crippen LogP contribution in [-0.4, -0.2) is 54.3 Å². The van der Waals surface area contributed by atoms with Gasteiger partial charge in [0.25, 0.3) is 5.91 Å². The normalized spacial score (nSPS) is 30.6. The van der Waals surface area contributed by atoms with Crippen molar-refractivity contribution in [1.82, 2.24) is 10.2 Å². The Labute approximate surface area is 185 Å². The van der Waals surface area contributed by atoms with Crippen LogP contribution in [0, 0.1) is 5.92 Å². The van der Waals surface area contributed by atoms with E-state index >= 15 is 0 Å². The number of nitrogens with zero attached hydrogens (tertiary/aromatic N) is 1. The summed E-state index contributed by atoms with van der Waals surface area (Å²) >= 11 is 0. The molecule has 0 aromatic heterocycles. The standard InChI is InChI=1S/C23H29F3N2O4/c1-15-8-10-22(11-9-15)28(21(30)16-4-6-17(7-5-16)23(24,25)26)19(14-32-22)20(29)27-13-18-3-2-12-31-18/h4-7,15,18-19H,2-3,8-14H2,1H3,(H,27,29)/t15?,18-,19-,22?/m1/s1. The van der Waals surface area contributed by atoms with Crippen LogP contribution >= 0.6 is 0 Å². The number of halogens is 3. The van der Waals surface area contributed by atoms with E-state index < -0.39 is 29.4 Å². The molecule has 1 aromatic rings. The molecule has 2 amide bonds. The summed E-state index contributed by atoms with van der Waals surface area (Å²) in [5.74, 6) is -0.320. The van der Waals surface area contributed by atoms with Crippen molar-refractivity contribution in [3.63, 3.8) is 0 Å². The van der Waals surface area contributed by atoms with Crippen LogP contribution in [0.15, 0.2) is 24.3 Å². The van der Waals surface area contributed by atoms with Gasteiger partial charge in [0.2, 0.25) is 5.91 Å². The lowest BCUT2D eigenvalue weighted by Gasteiger charge is -2.43. The molecular formula is C23H29F3N2O4. The van der Waals surface area contributed by atoms with E-state index in [9.17, 15) is 22.8 Å². The predicted octanol–water partition coefficient (Wildman–Crippen LogP) is 3.75. The molecule has 3 aliphatic rings. The van der Waals surface area contributed by atoms with Crippen LogP contribution in [0.4, 0.5) is 13.2 Å². The van der Waals surface area contributed by atoms with Gasteiger partial charge in [0.1, 0.15) is 11.8 Å². The molecule has 2 saturated heterocycles. The summed E-state index contributed by atoms with van der Waals surface area (Å²) in [4.78, 5) is 28.0. The Kier molecular flexibility index (Phi) is 6.49. The Bertz CT molecular complexity index is 829. The van der Waals surface area contributed by atoms with E-state index in [4.69, 9.17) is 9.47 Å². The second-order valence-electron chi connectivity index (χ2n) is 9.09. The number of carbonyl (C=O) groups is 2. The zero-order chi connectivity index (χ0) is 22.9. The van der Waals surface area contributed by atoms with Gasteiger partial charge in [-0.05, 0) is 68.7 Å². The van der Waals surface area contributed by atoms with Crippen LogP contribution in [0.25, 0.3) is 0 Å². The number of alkyl halides is 3. The third kappa shape index (κ3) is 4.64. The maximum Gasteiger partial charge on any atom is 0.416 e. The lowest BCUT2D eigenvalue weighted by Crippen LogP contribution is -2.57. The van der Waals surface area contributed by atoms with E-state index in [-0.39, 0.29) is 24.2 Å². The van der Waals surface area contributed by atoms with Gasteiger partial charge >= 0.3 is 6.18 Å². The predicted molar refractivity (Wildman–Crippen MR) is 110 cm³/mol. The number of ether oxygens (including phenoxy) is 2. The van der Waals surface area contributed by atoms with E-state index in [0.29, 0.717) is 31.9 Å². The van der Waals surface area contributed by atoms with Crippen molar-refractivity contribution in [3.05, 3.63) is 35.4 Å². The first-order valence-electron chi connectivity index (χ1n) is 11.2. The summed E-state index contributed by atoms with van der Waals surface area (Å²) in [6.45, 7) is 3.24. The van der Waals surface area contributed by atoms with Gasteiger partial charge in [-0.1, -0.05) is 6.92 Å². The van der Waals surface area contributed by atoms with Gasteiger partial charge in [0.05, 0.1) is 18.3 Å². The summed E-state index contributed by atoms with van der Waals surface area (Å²) in [6.07, 6.45) is 0.187. The fourth-order valence-corrected chi connectivity index (χ4v) is 4.86. The van der Waals surface area contributed by atoms with Crippen LogP contribution in [0.5, 0.6) is 0 Å². The molecule has 1 N–H and O–H groups in total. The minimum Gasteiger partial charge on any atom is -0.376 e. The first-order valence-corrected chi connectivity index (χ1v) is 11.2. The summed E-state index contributed by atoms with van der Waals surface area (Å²) in [5.41, 5.74) is -1.62. The third-order valence-corrected chi connectivity index (χ3v) is 6.82. The third-order valence-electron chi connectivity index (χ3n) is 6.82. The van der Waals surface area contributed by atoms with Crippen molar-refractivity contribution in [2.45, 2.75) is 69.5 Å². The van der Waals surface area contributed by atoms with Crippen molar-refractivity contribution in [2.24, 2.45) is 5.92 Å². The van der Waals surface area contributed by atoms with Crippen LogP contribution in [0.1, 0.15) is 61.4 Å². The first-order chi connectivity index (χ1) is 15.2. The molecule has 2 aliphatic heterocycles. The molecule has 32 heavy (non-hydrogen) atoms. The average Bonchev–Trinajstić information content (AvgIpc) is 3.42. The van der Waals surface area contributed by atoms with Gasteiger partial charge in [-0.25, -0.2) is 0 Å².